The van der Waals surface area contributed by atoms with Gasteiger partial charge in [0.25, 0.3) is 0 Å². The Labute approximate surface area is 170 Å². The summed E-state index contributed by atoms with van der Waals surface area (Å²) in [7, 11) is 0. The van der Waals surface area contributed by atoms with E-state index in [1.54, 1.807) is 24.8 Å². The Morgan fingerprint density at radius 1 is 0.880 bits per heavy atom. The van der Waals surface area contributed by atoms with Crippen LogP contribution in [0.4, 0.5) is 0 Å². The molecule has 0 amide bonds. The van der Waals surface area contributed by atoms with Crippen molar-refractivity contribution < 1.29 is 0 Å². The topological polar surface area (TPSA) is 51.6 Å². The number of rotatable bonds is 2. The molecule has 0 radical (unpaired) electrons. The molecule has 4 aromatic heterocycles. The van der Waals surface area contributed by atoms with Crippen molar-refractivity contribution in [2.24, 2.45) is 0 Å². The summed E-state index contributed by atoms with van der Waals surface area (Å²) in [5.41, 5.74) is 1.99. The van der Waals surface area contributed by atoms with Gasteiger partial charge in [0.2, 0.25) is 0 Å². The van der Waals surface area contributed by atoms with Gasteiger partial charge in [-0.1, -0.05) is 23.2 Å². The van der Waals surface area contributed by atoms with Crippen LogP contribution in [0.5, 0.6) is 0 Å². The minimum Gasteiger partial charge on any atom is -0.264 e. The number of hydrogen-bond acceptors (Lipinski definition) is 6. The number of aromatic nitrogens is 4. The molecule has 0 atom stereocenters. The first kappa shape index (κ1) is 18.4. The van der Waals surface area contributed by atoms with Crippen molar-refractivity contribution in [3.8, 4) is 21.1 Å². The first-order valence-corrected chi connectivity index (χ1v) is 10.1. The highest BCUT2D eigenvalue weighted by molar-refractivity contribution is 9.11. The maximum absolute atomic E-state index is 5.81. The average molecular weight is 472 g/mol. The van der Waals surface area contributed by atoms with Gasteiger partial charge in [0, 0.05) is 41.3 Å². The van der Waals surface area contributed by atoms with Gasteiger partial charge in [-0.3, -0.25) is 9.97 Å². The first-order chi connectivity index (χ1) is 12.1. The van der Waals surface area contributed by atoms with Crippen molar-refractivity contribution in [3.63, 3.8) is 0 Å². The zero-order valence-electron chi connectivity index (χ0n) is 12.4. The first-order valence-electron chi connectivity index (χ1n) is 6.87. The minimum atomic E-state index is 0.504. The SMILES string of the molecule is Clc1csc(-c2cccnc2)n1.Clc1nc(-c2cccnc2)sc1Br. The monoisotopic (exact) mass is 470 g/mol. The van der Waals surface area contributed by atoms with Crippen molar-refractivity contribution in [2.75, 3.05) is 0 Å². The molecule has 0 unspecified atom stereocenters. The molecular weight excluding hydrogens is 463 g/mol. The number of pyridine rings is 2. The van der Waals surface area contributed by atoms with Gasteiger partial charge in [-0.05, 0) is 40.2 Å². The van der Waals surface area contributed by atoms with Crippen LogP contribution in [0.1, 0.15) is 0 Å². The highest BCUT2D eigenvalue weighted by Crippen LogP contribution is 2.34. The van der Waals surface area contributed by atoms with E-state index in [-0.39, 0.29) is 0 Å². The molecule has 126 valence electrons. The lowest BCUT2D eigenvalue weighted by molar-refractivity contribution is 1.31. The van der Waals surface area contributed by atoms with E-state index < -0.39 is 0 Å². The van der Waals surface area contributed by atoms with E-state index in [1.165, 1.54) is 22.7 Å². The molecular formula is C16H9BrCl2N4S2. The van der Waals surface area contributed by atoms with Crippen molar-refractivity contribution in [1.29, 1.82) is 0 Å². The second-order valence-corrected chi connectivity index (χ2v) is 8.46. The largest absolute Gasteiger partial charge is 0.264 e. The summed E-state index contributed by atoms with van der Waals surface area (Å²) in [6.07, 6.45) is 7.00. The maximum Gasteiger partial charge on any atom is 0.155 e. The molecule has 0 fully saturated rings. The zero-order chi connectivity index (χ0) is 17.6. The van der Waals surface area contributed by atoms with E-state index in [4.69, 9.17) is 23.2 Å². The Balaban J connectivity index is 0.000000146. The fourth-order valence-corrected chi connectivity index (χ4v) is 4.18. The summed E-state index contributed by atoms with van der Waals surface area (Å²) in [6, 6.07) is 7.67. The Morgan fingerprint density at radius 2 is 1.52 bits per heavy atom. The second kappa shape index (κ2) is 8.82. The van der Waals surface area contributed by atoms with Crippen molar-refractivity contribution in [3.05, 3.63) is 68.5 Å². The van der Waals surface area contributed by atoms with Gasteiger partial charge in [-0.2, -0.15) is 0 Å². The van der Waals surface area contributed by atoms with Crippen LogP contribution in [0.15, 0.2) is 58.2 Å². The molecule has 4 nitrogen and oxygen atoms in total. The van der Waals surface area contributed by atoms with Crippen LogP contribution in [-0.4, -0.2) is 19.9 Å². The van der Waals surface area contributed by atoms with E-state index in [1.807, 2.05) is 29.6 Å². The van der Waals surface area contributed by atoms with E-state index in [0.29, 0.717) is 10.3 Å². The predicted octanol–water partition coefficient (Wildman–Crippen LogP) is 6.48. The molecule has 0 bridgehead atoms. The molecule has 0 spiro atoms. The number of nitrogens with zero attached hydrogens (tertiary/aromatic N) is 4. The maximum atomic E-state index is 5.81. The van der Waals surface area contributed by atoms with Gasteiger partial charge >= 0.3 is 0 Å². The molecule has 0 N–H and O–H groups in total. The van der Waals surface area contributed by atoms with Crippen LogP contribution < -0.4 is 0 Å². The second-order valence-electron chi connectivity index (χ2n) is 4.54. The van der Waals surface area contributed by atoms with E-state index in [9.17, 15) is 0 Å². The third kappa shape index (κ3) is 5.05. The van der Waals surface area contributed by atoms with E-state index in [0.717, 1.165) is 24.9 Å². The van der Waals surface area contributed by atoms with Crippen LogP contribution >= 0.6 is 61.8 Å². The third-order valence-corrected chi connectivity index (χ3v) is 6.42. The van der Waals surface area contributed by atoms with Crippen LogP contribution in [-0.2, 0) is 0 Å². The Morgan fingerprint density at radius 3 is 1.96 bits per heavy atom. The Hall–Kier alpha value is -1.38. The predicted molar refractivity (Wildman–Crippen MR) is 108 cm³/mol. The summed E-state index contributed by atoms with van der Waals surface area (Å²) in [6.45, 7) is 0. The lowest BCUT2D eigenvalue weighted by Gasteiger charge is -1.91. The molecule has 0 saturated carbocycles. The van der Waals surface area contributed by atoms with Crippen molar-refractivity contribution in [2.45, 2.75) is 0 Å². The zero-order valence-corrected chi connectivity index (χ0v) is 17.2. The fourth-order valence-electron chi connectivity index (χ4n) is 1.77. The molecule has 25 heavy (non-hydrogen) atoms. The Kier molecular flexibility index (Phi) is 6.50. The lowest BCUT2D eigenvalue weighted by atomic mass is 10.3. The molecule has 4 aromatic rings. The molecule has 0 aliphatic carbocycles. The van der Waals surface area contributed by atoms with Gasteiger partial charge in [0.1, 0.15) is 19.0 Å². The van der Waals surface area contributed by atoms with Crippen molar-refractivity contribution >= 4 is 61.8 Å². The van der Waals surface area contributed by atoms with Crippen LogP contribution in [0.2, 0.25) is 10.3 Å². The standard InChI is InChI=1S/C8H4BrClN2S.C8H5ClN2S/c9-6-7(10)12-8(13-6)5-2-1-3-11-4-5;9-7-5-12-8(11-7)6-2-1-3-10-4-6/h1-4H;1-5H. The van der Waals surface area contributed by atoms with Crippen LogP contribution in [0.25, 0.3) is 21.1 Å². The summed E-state index contributed by atoms with van der Waals surface area (Å²) < 4.78 is 0.855. The van der Waals surface area contributed by atoms with Crippen LogP contribution in [0, 0.1) is 0 Å². The molecule has 0 aliphatic heterocycles. The van der Waals surface area contributed by atoms with Gasteiger partial charge in [-0.15, -0.1) is 22.7 Å². The van der Waals surface area contributed by atoms with Gasteiger partial charge in [0.15, 0.2) is 5.15 Å². The normalized spacial score (nSPS) is 10.2. The quantitative estimate of drug-likeness (QED) is 0.335. The van der Waals surface area contributed by atoms with E-state index in [2.05, 4.69) is 35.9 Å². The molecule has 0 aliphatic rings. The summed E-state index contributed by atoms with van der Waals surface area (Å²) in [5.74, 6) is 0. The van der Waals surface area contributed by atoms with Gasteiger partial charge in [0.05, 0.1) is 0 Å². The number of halogens is 3. The molecule has 0 saturated heterocycles. The smallest absolute Gasteiger partial charge is 0.155 e. The molecule has 9 heteroatoms. The summed E-state index contributed by atoms with van der Waals surface area (Å²) >= 11 is 17.8. The molecule has 4 rings (SSSR count). The van der Waals surface area contributed by atoms with Crippen LogP contribution in [0.3, 0.4) is 0 Å². The fraction of sp³-hybridized carbons (Fsp3) is 0. The number of thiazole rings is 2. The highest BCUT2D eigenvalue weighted by atomic mass is 79.9. The molecule has 0 aromatic carbocycles. The van der Waals surface area contributed by atoms with Crippen molar-refractivity contribution in [1.82, 2.24) is 19.9 Å². The Bertz CT molecular complexity index is 926. The van der Waals surface area contributed by atoms with Gasteiger partial charge in [-0.25, -0.2) is 9.97 Å². The highest BCUT2D eigenvalue weighted by Gasteiger charge is 2.07. The summed E-state index contributed by atoms with van der Waals surface area (Å²) in [4.78, 5) is 16.3. The summed E-state index contributed by atoms with van der Waals surface area (Å²) in [5, 5.41) is 4.64. The van der Waals surface area contributed by atoms with E-state index >= 15 is 0 Å². The third-order valence-electron chi connectivity index (χ3n) is 2.84. The lowest BCUT2D eigenvalue weighted by Crippen LogP contribution is -1.76. The molecule has 4 heterocycles. The number of hydrogen-bond donors (Lipinski definition) is 0. The minimum absolute atomic E-state index is 0.504. The van der Waals surface area contributed by atoms with Gasteiger partial charge < -0.3 is 0 Å². The average Bonchev–Trinajstić information content (AvgIpc) is 3.23.